The number of ketones is 1. The average Bonchev–Trinajstić information content (AvgIpc) is 2.99. The molecule has 0 aromatic heterocycles. The zero-order valence-corrected chi connectivity index (χ0v) is 21.0. The first kappa shape index (κ1) is 25.3. The van der Waals surface area contributed by atoms with E-state index < -0.39 is 34.4 Å². The van der Waals surface area contributed by atoms with E-state index in [1.54, 1.807) is 26.8 Å². The second kappa shape index (κ2) is 7.86. The lowest BCUT2D eigenvalue weighted by Crippen LogP contribution is -2.62. The molecule has 3 saturated carbocycles. The predicted octanol–water partition coefficient (Wildman–Crippen LogP) is 2.88. The molecule has 33 heavy (non-hydrogen) atoms. The molecule has 0 saturated heterocycles. The molecule has 188 valence electrons. The van der Waals surface area contributed by atoms with Gasteiger partial charge in [0.25, 0.3) is 0 Å². The van der Waals surface area contributed by atoms with E-state index in [1.807, 2.05) is 6.92 Å². The van der Waals surface area contributed by atoms with Crippen molar-refractivity contribution in [1.29, 1.82) is 0 Å². The average molecular weight is 465 g/mol. The SMILES string of the molecule is CC(C)(O)CC[C@@H](O)[C@](C)(O)C1CC[C@@]2(O)C3=CC(=O)[C@@H]4C[C@H](O)CC[C@]4(C)C3CC[C@]12C. The summed E-state index contributed by atoms with van der Waals surface area (Å²) < 4.78 is 0. The maximum atomic E-state index is 13.2. The van der Waals surface area contributed by atoms with E-state index in [2.05, 4.69) is 6.92 Å². The first-order chi connectivity index (χ1) is 15.1. The molecule has 3 fully saturated rings. The van der Waals surface area contributed by atoms with Crippen LogP contribution in [0.2, 0.25) is 0 Å². The zero-order chi connectivity index (χ0) is 24.6. The van der Waals surface area contributed by atoms with Crippen LogP contribution in [0.25, 0.3) is 0 Å². The fourth-order valence-electron chi connectivity index (χ4n) is 8.27. The quantitative estimate of drug-likeness (QED) is 0.427. The van der Waals surface area contributed by atoms with Gasteiger partial charge in [0, 0.05) is 11.3 Å². The third-order valence-corrected chi connectivity index (χ3v) is 10.5. The maximum absolute atomic E-state index is 13.2. The summed E-state index contributed by atoms with van der Waals surface area (Å²) in [6.07, 6.45) is 5.38. The molecule has 5 N–H and O–H groups in total. The Morgan fingerprint density at radius 2 is 1.73 bits per heavy atom. The van der Waals surface area contributed by atoms with Crippen molar-refractivity contribution in [3.05, 3.63) is 11.6 Å². The number of carbonyl (C=O) groups is 1. The maximum Gasteiger partial charge on any atom is 0.159 e. The summed E-state index contributed by atoms with van der Waals surface area (Å²) in [6, 6.07) is 0. The number of fused-ring (bicyclic) bond motifs is 5. The Labute approximate surface area is 198 Å². The van der Waals surface area contributed by atoms with Crippen molar-refractivity contribution < 1.29 is 30.3 Å². The third-order valence-electron chi connectivity index (χ3n) is 10.5. The molecule has 0 radical (unpaired) electrons. The predicted molar refractivity (Wildman–Crippen MR) is 125 cm³/mol. The van der Waals surface area contributed by atoms with Crippen molar-refractivity contribution in [3.8, 4) is 0 Å². The zero-order valence-electron chi connectivity index (χ0n) is 21.0. The van der Waals surface area contributed by atoms with E-state index >= 15 is 0 Å². The van der Waals surface area contributed by atoms with Crippen molar-refractivity contribution in [2.45, 2.75) is 121 Å². The van der Waals surface area contributed by atoms with Crippen molar-refractivity contribution >= 4 is 5.78 Å². The summed E-state index contributed by atoms with van der Waals surface area (Å²) in [7, 11) is 0. The van der Waals surface area contributed by atoms with Gasteiger partial charge in [-0.3, -0.25) is 4.79 Å². The van der Waals surface area contributed by atoms with Crippen molar-refractivity contribution in [1.82, 2.24) is 0 Å². The highest BCUT2D eigenvalue weighted by atomic mass is 16.3. The Hall–Kier alpha value is -0.790. The minimum atomic E-state index is -1.42. The van der Waals surface area contributed by atoms with Crippen LogP contribution in [0.4, 0.5) is 0 Å². The fraction of sp³-hybridized carbons (Fsp3) is 0.889. The van der Waals surface area contributed by atoms with E-state index in [4.69, 9.17) is 0 Å². The Morgan fingerprint density at radius 3 is 2.36 bits per heavy atom. The van der Waals surface area contributed by atoms with Gasteiger partial charge in [-0.15, -0.1) is 0 Å². The summed E-state index contributed by atoms with van der Waals surface area (Å²) >= 11 is 0. The highest BCUT2D eigenvalue weighted by Gasteiger charge is 2.68. The molecular formula is C27H44O6. The molecule has 4 aliphatic rings. The van der Waals surface area contributed by atoms with Gasteiger partial charge < -0.3 is 25.5 Å². The second-order valence-corrected chi connectivity index (χ2v) is 13.0. The molecule has 0 aromatic carbocycles. The fourth-order valence-corrected chi connectivity index (χ4v) is 8.27. The second-order valence-electron chi connectivity index (χ2n) is 13.0. The van der Waals surface area contributed by atoms with Crippen molar-refractivity contribution in [3.63, 3.8) is 0 Å². The molecule has 4 rings (SSSR count). The van der Waals surface area contributed by atoms with Gasteiger partial charge >= 0.3 is 0 Å². The first-order valence-electron chi connectivity index (χ1n) is 12.9. The van der Waals surface area contributed by atoms with Crippen LogP contribution in [0.5, 0.6) is 0 Å². The van der Waals surface area contributed by atoms with E-state index in [0.717, 1.165) is 18.4 Å². The smallest absolute Gasteiger partial charge is 0.159 e. The number of hydrogen-bond acceptors (Lipinski definition) is 6. The van der Waals surface area contributed by atoms with E-state index in [1.165, 1.54) is 0 Å². The lowest BCUT2D eigenvalue weighted by atomic mass is 9.46. The number of carbonyl (C=O) groups excluding carboxylic acids is 1. The summed E-state index contributed by atoms with van der Waals surface area (Å²) in [5.74, 6) is -0.426. The van der Waals surface area contributed by atoms with Crippen LogP contribution in [-0.4, -0.2) is 60.3 Å². The Kier molecular flexibility index (Phi) is 6.03. The van der Waals surface area contributed by atoms with Crippen LogP contribution in [-0.2, 0) is 4.79 Å². The van der Waals surface area contributed by atoms with Gasteiger partial charge in [0.2, 0.25) is 0 Å². The van der Waals surface area contributed by atoms with Crippen molar-refractivity contribution in [2.75, 3.05) is 0 Å². The van der Waals surface area contributed by atoms with Gasteiger partial charge in [-0.1, -0.05) is 13.8 Å². The van der Waals surface area contributed by atoms with Crippen LogP contribution in [0.3, 0.4) is 0 Å². The molecule has 0 heterocycles. The number of rotatable bonds is 5. The highest BCUT2D eigenvalue weighted by molar-refractivity contribution is 5.95. The number of aliphatic hydroxyl groups is 5. The molecule has 9 atom stereocenters. The lowest BCUT2D eigenvalue weighted by Gasteiger charge is -2.60. The van der Waals surface area contributed by atoms with E-state index in [0.29, 0.717) is 38.5 Å². The number of allylic oxidation sites excluding steroid dienone is 1. The lowest BCUT2D eigenvalue weighted by molar-refractivity contribution is -0.172. The molecule has 4 aliphatic carbocycles. The standard InChI is InChI=1S/C27H44O6/c1-23(2,31)10-9-22(30)26(5,32)21-8-13-27(33)18-15-20(29)19-14-16(28)6-11-24(19,3)17(18)7-12-25(21,27)4/h15-17,19,21-22,28,30-33H,6-14H2,1-5H3/t16-,17?,19+,21?,22-,24-,25-,26-,27-/m1/s1. The van der Waals surface area contributed by atoms with Crippen LogP contribution >= 0.6 is 0 Å². The molecular weight excluding hydrogens is 420 g/mol. The number of aliphatic hydroxyl groups excluding tert-OH is 2. The normalized spacial score (nSPS) is 46.0. The topological polar surface area (TPSA) is 118 Å². The van der Waals surface area contributed by atoms with Crippen LogP contribution in [0.1, 0.15) is 92.4 Å². The molecule has 6 heteroatoms. The molecule has 0 amide bonds. The molecule has 0 aromatic rings. The monoisotopic (exact) mass is 464 g/mol. The van der Waals surface area contributed by atoms with Crippen LogP contribution in [0.15, 0.2) is 11.6 Å². The number of hydrogen-bond donors (Lipinski definition) is 5. The van der Waals surface area contributed by atoms with Gasteiger partial charge in [0.1, 0.15) is 0 Å². The van der Waals surface area contributed by atoms with E-state index in [-0.39, 0.29) is 35.4 Å². The summed E-state index contributed by atoms with van der Waals surface area (Å²) in [4.78, 5) is 13.2. The van der Waals surface area contributed by atoms with Gasteiger partial charge in [-0.25, -0.2) is 0 Å². The minimum absolute atomic E-state index is 0.0144. The van der Waals surface area contributed by atoms with E-state index in [9.17, 15) is 30.3 Å². The summed E-state index contributed by atoms with van der Waals surface area (Å²) in [6.45, 7) is 9.22. The van der Waals surface area contributed by atoms with Gasteiger partial charge in [-0.2, -0.15) is 0 Å². The summed E-state index contributed by atoms with van der Waals surface area (Å²) in [5.41, 5.74) is -3.64. The Bertz CT molecular complexity index is 827. The molecule has 0 spiro atoms. The molecule has 2 unspecified atom stereocenters. The van der Waals surface area contributed by atoms with Gasteiger partial charge in [0.05, 0.1) is 29.0 Å². The molecule has 0 bridgehead atoms. The van der Waals surface area contributed by atoms with Gasteiger partial charge in [0.15, 0.2) is 5.78 Å². The Balaban J connectivity index is 1.65. The molecule has 0 aliphatic heterocycles. The van der Waals surface area contributed by atoms with Crippen LogP contribution < -0.4 is 0 Å². The minimum Gasteiger partial charge on any atom is -0.393 e. The Morgan fingerprint density at radius 1 is 1.06 bits per heavy atom. The van der Waals surface area contributed by atoms with Crippen LogP contribution in [0, 0.1) is 28.6 Å². The van der Waals surface area contributed by atoms with Gasteiger partial charge in [-0.05, 0) is 107 Å². The summed E-state index contributed by atoms with van der Waals surface area (Å²) in [5, 5.41) is 55.0. The highest BCUT2D eigenvalue weighted by Crippen LogP contribution is 2.68. The molecule has 6 nitrogen and oxygen atoms in total. The van der Waals surface area contributed by atoms with Crippen molar-refractivity contribution in [2.24, 2.45) is 28.6 Å². The third kappa shape index (κ3) is 3.76. The first-order valence-corrected chi connectivity index (χ1v) is 12.9. The largest absolute Gasteiger partial charge is 0.393 e.